The van der Waals surface area contributed by atoms with Gasteiger partial charge < -0.3 is 10.0 Å². The summed E-state index contributed by atoms with van der Waals surface area (Å²) < 4.78 is 1.81. The number of rotatable bonds is 6. The Morgan fingerprint density at radius 2 is 2.00 bits per heavy atom. The molecule has 1 amide bonds. The molecule has 1 N–H and O–H groups in total. The van der Waals surface area contributed by atoms with Crippen LogP contribution in [-0.2, 0) is 4.79 Å². The van der Waals surface area contributed by atoms with E-state index in [1.807, 2.05) is 29.8 Å². The number of fused-ring (bicyclic) bond motifs is 1. The van der Waals surface area contributed by atoms with Crippen molar-refractivity contribution in [1.29, 1.82) is 0 Å². The molecule has 26 heavy (non-hydrogen) atoms. The number of aromatic nitrogens is 2. The molecule has 2 heterocycles. The summed E-state index contributed by atoms with van der Waals surface area (Å²) in [6.07, 6.45) is 0.481. The summed E-state index contributed by atoms with van der Waals surface area (Å²) in [7, 11) is 1.69. The van der Waals surface area contributed by atoms with Gasteiger partial charge in [0.25, 0.3) is 5.91 Å². The maximum absolute atomic E-state index is 12.6. The van der Waals surface area contributed by atoms with Crippen molar-refractivity contribution in [1.82, 2.24) is 14.7 Å². The van der Waals surface area contributed by atoms with Gasteiger partial charge in [-0.15, -0.1) is 11.3 Å². The molecule has 6 nitrogen and oxygen atoms in total. The number of hydrogen-bond acceptors (Lipinski definition) is 4. The first-order valence-corrected chi connectivity index (χ1v) is 9.28. The normalized spacial score (nSPS) is 11.0. The number of aryl methyl sites for hydroxylation is 1. The van der Waals surface area contributed by atoms with Crippen LogP contribution >= 0.6 is 22.9 Å². The molecule has 0 radical (unpaired) electrons. The smallest absolute Gasteiger partial charge is 0.303 e. The van der Waals surface area contributed by atoms with Crippen molar-refractivity contribution in [3.63, 3.8) is 0 Å². The first kappa shape index (κ1) is 18.4. The molecule has 0 aliphatic carbocycles. The molecule has 0 bridgehead atoms. The van der Waals surface area contributed by atoms with Crippen molar-refractivity contribution in [2.24, 2.45) is 0 Å². The van der Waals surface area contributed by atoms with Gasteiger partial charge in [-0.2, -0.15) is 5.10 Å². The maximum Gasteiger partial charge on any atom is 0.303 e. The van der Waals surface area contributed by atoms with E-state index in [1.54, 1.807) is 24.1 Å². The molecule has 0 fully saturated rings. The molecule has 3 rings (SSSR count). The molecule has 0 saturated heterocycles. The number of hydrogen-bond donors (Lipinski definition) is 1. The SMILES string of the molecule is Cc1nn(-c2ccc(Cl)cc2)c2sc(C(=O)N(C)CCCC(=O)O)cc12. The van der Waals surface area contributed by atoms with E-state index in [-0.39, 0.29) is 12.3 Å². The Kier molecular flexibility index (Phi) is 5.29. The molecule has 1 aromatic carbocycles. The molecule has 0 aliphatic heterocycles. The minimum atomic E-state index is -0.855. The third-order valence-electron chi connectivity index (χ3n) is 4.06. The zero-order valence-electron chi connectivity index (χ0n) is 14.4. The third kappa shape index (κ3) is 3.73. The van der Waals surface area contributed by atoms with Crippen molar-refractivity contribution in [3.8, 4) is 5.69 Å². The van der Waals surface area contributed by atoms with Crippen LogP contribution in [0.15, 0.2) is 30.3 Å². The lowest BCUT2D eigenvalue weighted by atomic mass is 10.2. The third-order valence-corrected chi connectivity index (χ3v) is 5.41. The zero-order chi connectivity index (χ0) is 18.8. The summed E-state index contributed by atoms with van der Waals surface area (Å²) in [5.41, 5.74) is 1.72. The van der Waals surface area contributed by atoms with Gasteiger partial charge in [0, 0.05) is 30.4 Å². The quantitative estimate of drug-likeness (QED) is 0.689. The van der Waals surface area contributed by atoms with Crippen LogP contribution in [0.2, 0.25) is 5.02 Å². The van der Waals surface area contributed by atoms with Crippen LogP contribution in [0.1, 0.15) is 28.2 Å². The summed E-state index contributed by atoms with van der Waals surface area (Å²) in [4.78, 5) is 26.3. The molecule has 0 aliphatic rings. The fourth-order valence-corrected chi connectivity index (χ4v) is 3.97. The highest BCUT2D eigenvalue weighted by Crippen LogP contribution is 2.31. The van der Waals surface area contributed by atoms with E-state index in [1.165, 1.54) is 11.3 Å². The molecule has 0 atom stereocenters. The number of carbonyl (C=O) groups excluding carboxylic acids is 1. The molecule has 136 valence electrons. The fraction of sp³-hybridized carbons (Fsp3) is 0.278. The fourth-order valence-electron chi connectivity index (χ4n) is 2.67. The Bertz CT molecular complexity index is 962. The summed E-state index contributed by atoms with van der Waals surface area (Å²) in [6.45, 7) is 2.31. The van der Waals surface area contributed by atoms with Crippen LogP contribution in [0, 0.1) is 6.92 Å². The second kappa shape index (κ2) is 7.47. The summed E-state index contributed by atoms with van der Waals surface area (Å²) in [5, 5.41) is 14.9. The second-order valence-corrected chi connectivity index (χ2v) is 7.49. The maximum atomic E-state index is 12.6. The highest BCUT2D eigenvalue weighted by atomic mass is 35.5. The molecule has 0 spiro atoms. The van der Waals surface area contributed by atoms with Crippen molar-refractivity contribution >= 4 is 45.0 Å². The highest BCUT2D eigenvalue weighted by molar-refractivity contribution is 7.20. The number of halogens is 1. The van der Waals surface area contributed by atoms with E-state index in [0.717, 1.165) is 21.6 Å². The average Bonchev–Trinajstić information content (AvgIpc) is 3.15. The lowest BCUT2D eigenvalue weighted by Gasteiger charge is -2.15. The number of thiophene rings is 1. The van der Waals surface area contributed by atoms with Gasteiger partial charge in [-0.3, -0.25) is 9.59 Å². The number of aliphatic carboxylic acids is 1. The predicted octanol–water partition coefficient (Wildman–Crippen LogP) is 3.99. The van der Waals surface area contributed by atoms with E-state index in [9.17, 15) is 9.59 Å². The number of benzene rings is 1. The largest absolute Gasteiger partial charge is 0.481 e. The number of carboxylic acids is 1. The van der Waals surface area contributed by atoms with Crippen LogP contribution in [0.5, 0.6) is 0 Å². The zero-order valence-corrected chi connectivity index (χ0v) is 16.0. The van der Waals surface area contributed by atoms with Gasteiger partial charge in [-0.1, -0.05) is 11.6 Å². The van der Waals surface area contributed by atoms with Crippen LogP contribution in [-0.4, -0.2) is 45.3 Å². The van der Waals surface area contributed by atoms with Crippen molar-refractivity contribution in [3.05, 3.63) is 45.9 Å². The Morgan fingerprint density at radius 3 is 2.65 bits per heavy atom. The first-order valence-electron chi connectivity index (χ1n) is 8.09. The monoisotopic (exact) mass is 391 g/mol. The van der Waals surface area contributed by atoms with Crippen LogP contribution in [0.3, 0.4) is 0 Å². The minimum absolute atomic E-state index is 0.0503. The summed E-state index contributed by atoms with van der Waals surface area (Å²) in [6, 6.07) is 9.22. The van der Waals surface area contributed by atoms with E-state index in [2.05, 4.69) is 5.10 Å². The van der Waals surface area contributed by atoms with Gasteiger partial charge in [0.1, 0.15) is 4.83 Å². The van der Waals surface area contributed by atoms with E-state index in [4.69, 9.17) is 16.7 Å². The molecule has 2 aromatic heterocycles. The van der Waals surface area contributed by atoms with E-state index in [0.29, 0.717) is 22.9 Å². The Morgan fingerprint density at radius 1 is 1.31 bits per heavy atom. The Hall–Kier alpha value is -2.38. The Balaban J connectivity index is 1.87. The highest BCUT2D eigenvalue weighted by Gasteiger charge is 2.19. The lowest BCUT2D eigenvalue weighted by Crippen LogP contribution is -2.27. The van der Waals surface area contributed by atoms with Gasteiger partial charge in [-0.25, -0.2) is 4.68 Å². The topological polar surface area (TPSA) is 75.4 Å². The van der Waals surface area contributed by atoms with Crippen LogP contribution in [0.25, 0.3) is 15.9 Å². The van der Waals surface area contributed by atoms with Gasteiger partial charge in [-0.05, 0) is 43.7 Å². The standard InChI is InChI=1S/C18H18ClN3O3S/c1-11-14-10-15(17(25)21(2)9-3-4-16(23)24)26-18(14)22(20-11)13-7-5-12(19)6-8-13/h5-8,10H,3-4,9H2,1-2H3,(H,23,24). The predicted molar refractivity (Wildman–Crippen MR) is 103 cm³/mol. The molecular weight excluding hydrogens is 374 g/mol. The number of carboxylic acid groups (broad SMARTS) is 1. The van der Waals surface area contributed by atoms with Gasteiger partial charge in [0.15, 0.2) is 0 Å². The molecule has 8 heteroatoms. The average molecular weight is 392 g/mol. The van der Waals surface area contributed by atoms with E-state index >= 15 is 0 Å². The number of nitrogens with zero attached hydrogens (tertiary/aromatic N) is 3. The summed E-state index contributed by atoms with van der Waals surface area (Å²) >= 11 is 7.33. The van der Waals surface area contributed by atoms with Crippen molar-refractivity contribution in [2.45, 2.75) is 19.8 Å². The first-order chi connectivity index (χ1) is 12.4. The van der Waals surface area contributed by atoms with Gasteiger partial charge >= 0.3 is 5.97 Å². The summed E-state index contributed by atoms with van der Waals surface area (Å²) in [5.74, 6) is -0.968. The van der Waals surface area contributed by atoms with E-state index < -0.39 is 5.97 Å². The van der Waals surface area contributed by atoms with Gasteiger partial charge in [0.2, 0.25) is 0 Å². The van der Waals surface area contributed by atoms with Gasteiger partial charge in [0.05, 0.1) is 16.3 Å². The number of amides is 1. The molecule has 0 unspecified atom stereocenters. The Labute approximate surface area is 159 Å². The molecular formula is C18H18ClN3O3S. The van der Waals surface area contributed by atoms with Crippen molar-refractivity contribution in [2.75, 3.05) is 13.6 Å². The number of carbonyl (C=O) groups is 2. The van der Waals surface area contributed by atoms with Crippen molar-refractivity contribution < 1.29 is 14.7 Å². The van der Waals surface area contributed by atoms with Crippen LogP contribution in [0.4, 0.5) is 0 Å². The van der Waals surface area contributed by atoms with Crippen LogP contribution < -0.4 is 0 Å². The second-order valence-electron chi connectivity index (χ2n) is 6.03. The minimum Gasteiger partial charge on any atom is -0.481 e. The molecule has 0 saturated carbocycles. The lowest BCUT2D eigenvalue weighted by molar-refractivity contribution is -0.137. The molecule has 3 aromatic rings.